The van der Waals surface area contributed by atoms with Crippen molar-refractivity contribution in [2.75, 3.05) is 18.0 Å². The van der Waals surface area contributed by atoms with Gasteiger partial charge in [-0.15, -0.1) is 11.3 Å². The monoisotopic (exact) mass is 327 g/mol. The van der Waals surface area contributed by atoms with Crippen LogP contribution in [0, 0.1) is 6.92 Å². The highest BCUT2D eigenvalue weighted by atomic mass is 35.5. The van der Waals surface area contributed by atoms with Crippen molar-refractivity contribution in [2.24, 2.45) is 0 Å². The molecule has 0 saturated carbocycles. The molecule has 0 aliphatic rings. The molecule has 0 aliphatic carbocycles. The van der Waals surface area contributed by atoms with Crippen LogP contribution in [0.4, 0.5) is 5.69 Å². The first-order valence-electron chi connectivity index (χ1n) is 6.31. The number of benzene rings is 1. The molecule has 0 aliphatic heterocycles. The third-order valence-electron chi connectivity index (χ3n) is 3.04. The highest BCUT2D eigenvalue weighted by Crippen LogP contribution is 2.31. The van der Waals surface area contributed by atoms with Gasteiger partial charge in [0, 0.05) is 12.2 Å². The molecule has 1 aromatic heterocycles. The Balaban J connectivity index is 2.18. The van der Waals surface area contributed by atoms with Crippen molar-refractivity contribution in [1.82, 2.24) is 0 Å². The molecule has 0 radical (unpaired) electrons. The Labute approximate surface area is 132 Å². The van der Waals surface area contributed by atoms with Gasteiger partial charge in [-0.1, -0.05) is 35.3 Å². The van der Waals surface area contributed by atoms with E-state index in [4.69, 9.17) is 23.2 Å². The number of rotatable bonds is 5. The summed E-state index contributed by atoms with van der Waals surface area (Å²) in [5, 5.41) is 0. The summed E-state index contributed by atoms with van der Waals surface area (Å²) in [5.41, 5.74) is 2.72. The standard InChI is InChI=1S/C15H15Cl2NOS/c1-3-18(11-6-4-5-10(2)7-11)9-13(19)12-8-14(16)20-15(12)17/h4-8H,3,9H2,1-2H3. The topological polar surface area (TPSA) is 20.3 Å². The Morgan fingerprint density at radius 1 is 1.30 bits per heavy atom. The molecule has 0 N–H and O–H groups in total. The number of carbonyl (C=O) groups is 1. The SMILES string of the molecule is CCN(CC(=O)c1cc(Cl)sc1Cl)c1cccc(C)c1. The zero-order valence-electron chi connectivity index (χ0n) is 11.3. The van der Waals surface area contributed by atoms with Crippen molar-refractivity contribution in [2.45, 2.75) is 13.8 Å². The van der Waals surface area contributed by atoms with E-state index in [0.29, 0.717) is 20.8 Å². The van der Waals surface area contributed by atoms with E-state index in [-0.39, 0.29) is 5.78 Å². The van der Waals surface area contributed by atoms with E-state index in [2.05, 4.69) is 6.07 Å². The third-order valence-corrected chi connectivity index (χ3v) is 4.53. The largest absolute Gasteiger partial charge is 0.364 e. The van der Waals surface area contributed by atoms with Gasteiger partial charge >= 0.3 is 0 Å². The van der Waals surface area contributed by atoms with Crippen molar-refractivity contribution >= 4 is 46.0 Å². The van der Waals surface area contributed by atoms with Crippen LogP contribution in [0.15, 0.2) is 30.3 Å². The van der Waals surface area contributed by atoms with Crippen LogP contribution >= 0.6 is 34.5 Å². The number of Topliss-reactive ketones (excluding diaryl/α,β-unsaturated/α-hetero) is 1. The molecule has 0 saturated heterocycles. The Morgan fingerprint density at radius 3 is 2.60 bits per heavy atom. The molecule has 0 unspecified atom stereocenters. The third kappa shape index (κ3) is 3.54. The van der Waals surface area contributed by atoms with Crippen molar-refractivity contribution in [3.63, 3.8) is 0 Å². The van der Waals surface area contributed by atoms with Crippen molar-refractivity contribution in [1.29, 1.82) is 0 Å². The summed E-state index contributed by atoms with van der Waals surface area (Å²) in [7, 11) is 0. The molecule has 20 heavy (non-hydrogen) atoms. The average molecular weight is 328 g/mol. The predicted octanol–water partition coefficient (Wildman–Crippen LogP) is 5.07. The average Bonchev–Trinajstić information content (AvgIpc) is 2.75. The summed E-state index contributed by atoms with van der Waals surface area (Å²) in [6, 6.07) is 9.74. The number of aryl methyl sites for hydroxylation is 1. The van der Waals surface area contributed by atoms with Gasteiger partial charge in [0.15, 0.2) is 5.78 Å². The summed E-state index contributed by atoms with van der Waals surface area (Å²) in [4.78, 5) is 14.4. The van der Waals surface area contributed by atoms with Gasteiger partial charge in [-0.2, -0.15) is 0 Å². The molecule has 106 valence electrons. The highest BCUT2D eigenvalue weighted by Gasteiger charge is 2.17. The van der Waals surface area contributed by atoms with Crippen LogP contribution in [0.3, 0.4) is 0 Å². The summed E-state index contributed by atoms with van der Waals surface area (Å²) >= 11 is 13.1. The number of hydrogen-bond acceptors (Lipinski definition) is 3. The van der Waals surface area contributed by atoms with Crippen LogP contribution in [0.5, 0.6) is 0 Å². The molecule has 0 atom stereocenters. The van der Waals surface area contributed by atoms with Gasteiger partial charge in [-0.3, -0.25) is 4.79 Å². The smallest absolute Gasteiger partial charge is 0.184 e. The molecular weight excluding hydrogens is 313 g/mol. The summed E-state index contributed by atoms with van der Waals surface area (Å²) in [6.45, 7) is 5.11. The molecule has 1 heterocycles. The number of thiophene rings is 1. The first kappa shape index (κ1) is 15.4. The van der Waals surface area contributed by atoms with E-state index in [1.165, 1.54) is 16.9 Å². The number of halogens is 2. The van der Waals surface area contributed by atoms with E-state index < -0.39 is 0 Å². The molecule has 0 spiro atoms. The quantitative estimate of drug-likeness (QED) is 0.714. The minimum atomic E-state index is -0.0125. The van der Waals surface area contributed by atoms with E-state index in [1.54, 1.807) is 6.07 Å². The fourth-order valence-electron chi connectivity index (χ4n) is 2.00. The van der Waals surface area contributed by atoms with Crippen LogP contribution < -0.4 is 4.90 Å². The van der Waals surface area contributed by atoms with Crippen LogP contribution in [0.1, 0.15) is 22.8 Å². The number of carbonyl (C=O) groups excluding carboxylic acids is 1. The second kappa shape index (κ2) is 6.61. The highest BCUT2D eigenvalue weighted by molar-refractivity contribution is 7.20. The van der Waals surface area contributed by atoms with Gasteiger partial charge in [-0.05, 0) is 37.6 Å². The zero-order chi connectivity index (χ0) is 14.7. The molecule has 0 amide bonds. The number of likely N-dealkylation sites (N-methyl/N-ethyl adjacent to an activating group) is 1. The zero-order valence-corrected chi connectivity index (χ0v) is 13.6. The van der Waals surface area contributed by atoms with Crippen molar-refractivity contribution in [3.05, 3.63) is 50.1 Å². The fourth-order valence-corrected chi connectivity index (χ4v) is 3.50. The van der Waals surface area contributed by atoms with Gasteiger partial charge in [0.05, 0.1) is 16.4 Å². The molecule has 0 fully saturated rings. The van der Waals surface area contributed by atoms with Crippen molar-refractivity contribution < 1.29 is 4.79 Å². The molecule has 1 aromatic carbocycles. The first-order valence-corrected chi connectivity index (χ1v) is 7.88. The molecule has 5 heteroatoms. The minimum absolute atomic E-state index is 0.0125. The maximum Gasteiger partial charge on any atom is 0.184 e. The summed E-state index contributed by atoms with van der Waals surface area (Å²) < 4.78 is 0.997. The number of anilines is 1. The Kier molecular flexibility index (Phi) is 5.08. The summed E-state index contributed by atoms with van der Waals surface area (Å²) in [5.74, 6) is -0.0125. The van der Waals surface area contributed by atoms with E-state index in [9.17, 15) is 4.79 Å². The lowest BCUT2D eigenvalue weighted by Gasteiger charge is -2.22. The van der Waals surface area contributed by atoms with Gasteiger partial charge in [0.1, 0.15) is 4.34 Å². The van der Waals surface area contributed by atoms with Gasteiger partial charge in [0.2, 0.25) is 0 Å². The Bertz CT molecular complexity index is 624. The number of nitrogens with zero attached hydrogens (tertiary/aromatic N) is 1. The lowest BCUT2D eigenvalue weighted by Crippen LogP contribution is -2.29. The Hall–Kier alpha value is -1.03. The van der Waals surface area contributed by atoms with Crippen molar-refractivity contribution in [3.8, 4) is 0 Å². The number of ketones is 1. The maximum atomic E-state index is 12.3. The molecule has 2 aromatic rings. The maximum absolute atomic E-state index is 12.3. The lowest BCUT2D eigenvalue weighted by atomic mass is 10.1. The summed E-state index contributed by atoms with van der Waals surface area (Å²) in [6.07, 6.45) is 0. The van der Waals surface area contributed by atoms with Crippen LogP contribution in [0.2, 0.25) is 8.67 Å². The van der Waals surface area contributed by atoms with E-state index in [0.717, 1.165) is 12.2 Å². The molecule has 2 nitrogen and oxygen atoms in total. The lowest BCUT2D eigenvalue weighted by molar-refractivity contribution is 0.1000. The number of hydrogen-bond donors (Lipinski definition) is 0. The second-order valence-corrected chi connectivity index (χ2v) is 6.80. The predicted molar refractivity (Wildman–Crippen MR) is 87.7 cm³/mol. The normalized spacial score (nSPS) is 10.6. The van der Waals surface area contributed by atoms with Crippen LogP contribution in [-0.2, 0) is 0 Å². The van der Waals surface area contributed by atoms with Gasteiger partial charge in [0.25, 0.3) is 0 Å². The van der Waals surface area contributed by atoms with E-state index >= 15 is 0 Å². The molecular formula is C15H15Cl2NOS. The first-order chi connectivity index (χ1) is 9.51. The van der Waals surface area contributed by atoms with Crippen LogP contribution in [-0.4, -0.2) is 18.9 Å². The van der Waals surface area contributed by atoms with E-state index in [1.807, 2.05) is 36.9 Å². The minimum Gasteiger partial charge on any atom is -0.364 e. The van der Waals surface area contributed by atoms with Gasteiger partial charge < -0.3 is 4.90 Å². The molecule has 2 rings (SSSR count). The fraction of sp³-hybridized carbons (Fsp3) is 0.267. The Morgan fingerprint density at radius 2 is 2.05 bits per heavy atom. The molecule has 0 bridgehead atoms. The van der Waals surface area contributed by atoms with Crippen LogP contribution in [0.25, 0.3) is 0 Å². The second-order valence-electron chi connectivity index (χ2n) is 4.51. The van der Waals surface area contributed by atoms with Gasteiger partial charge in [-0.25, -0.2) is 0 Å².